The van der Waals surface area contributed by atoms with Crippen LogP contribution in [0.5, 0.6) is 5.75 Å². The summed E-state index contributed by atoms with van der Waals surface area (Å²) in [6, 6.07) is 3.53. The van der Waals surface area contributed by atoms with E-state index in [9.17, 15) is 9.90 Å². The number of rotatable bonds is 1. The number of carbonyl (C=O) groups excluding carboxylic acids is 1. The van der Waals surface area contributed by atoms with E-state index in [1.165, 1.54) is 6.92 Å². The number of Topliss-reactive ketones (excluding diaryl/α,β-unsaturated/α-hetero) is 1. The highest BCUT2D eigenvalue weighted by molar-refractivity contribution is 14.1. The van der Waals surface area contributed by atoms with Gasteiger partial charge in [0, 0.05) is 0 Å². The summed E-state index contributed by atoms with van der Waals surface area (Å²) in [4.78, 5) is 11.0. The van der Waals surface area contributed by atoms with Crippen molar-refractivity contribution >= 4 is 28.4 Å². The molecule has 0 unspecified atom stereocenters. The standard InChI is InChI=1S/C9H9IO2/c1-5-3-7(6(2)11)9(12)8(10)4-5/h3-4,12H,1-2H3. The topological polar surface area (TPSA) is 37.3 Å². The third kappa shape index (κ3) is 1.77. The Bertz CT molecular complexity index is 332. The maximum Gasteiger partial charge on any atom is 0.163 e. The Morgan fingerprint density at radius 1 is 1.50 bits per heavy atom. The highest BCUT2D eigenvalue weighted by Gasteiger charge is 2.09. The van der Waals surface area contributed by atoms with Gasteiger partial charge in [0.05, 0.1) is 9.13 Å². The molecule has 0 bridgehead atoms. The van der Waals surface area contributed by atoms with Crippen molar-refractivity contribution in [3.63, 3.8) is 0 Å². The van der Waals surface area contributed by atoms with Crippen molar-refractivity contribution in [3.05, 3.63) is 26.8 Å². The normalized spacial score (nSPS) is 9.92. The molecule has 0 heterocycles. The average molecular weight is 276 g/mol. The van der Waals surface area contributed by atoms with Crippen LogP contribution >= 0.6 is 22.6 Å². The molecule has 1 aromatic carbocycles. The van der Waals surface area contributed by atoms with Crippen LogP contribution in [0.2, 0.25) is 0 Å². The highest BCUT2D eigenvalue weighted by atomic mass is 127. The first-order valence-electron chi connectivity index (χ1n) is 3.52. The second-order valence-corrected chi connectivity index (χ2v) is 3.86. The maximum absolute atomic E-state index is 11.0. The van der Waals surface area contributed by atoms with Crippen LogP contribution in [0, 0.1) is 10.5 Å². The molecule has 1 rings (SSSR count). The van der Waals surface area contributed by atoms with Gasteiger partial charge in [-0.05, 0) is 54.1 Å². The summed E-state index contributed by atoms with van der Waals surface area (Å²) >= 11 is 2.01. The number of phenols is 1. The van der Waals surface area contributed by atoms with Crippen LogP contribution in [0.15, 0.2) is 12.1 Å². The molecular weight excluding hydrogens is 267 g/mol. The number of carbonyl (C=O) groups is 1. The second kappa shape index (κ2) is 3.43. The molecule has 0 saturated carbocycles. The van der Waals surface area contributed by atoms with Gasteiger partial charge in [-0.1, -0.05) is 0 Å². The Labute approximate surface area is 84.7 Å². The van der Waals surface area contributed by atoms with Crippen LogP contribution in [0.25, 0.3) is 0 Å². The van der Waals surface area contributed by atoms with E-state index >= 15 is 0 Å². The molecule has 0 radical (unpaired) electrons. The minimum Gasteiger partial charge on any atom is -0.506 e. The molecule has 0 spiro atoms. The van der Waals surface area contributed by atoms with Gasteiger partial charge in [-0.25, -0.2) is 0 Å². The van der Waals surface area contributed by atoms with Gasteiger partial charge in [-0.3, -0.25) is 4.79 Å². The third-order valence-corrected chi connectivity index (χ3v) is 2.41. The van der Waals surface area contributed by atoms with Crippen molar-refractivity contribution < 1.29 is 9.90 Å². The monoisotopic (exact) mass is 276 g/mol. The van der Waals surface area contributed by atoms with E-state index < -0.39 is 0 Å². The number of halogens is 1. The van der Waals surface area contributed by atoms with Crippen LogP contribution in [0.1, 0.15) is 22.8 Å². The molecule has 1 N–H and O–H groups in total. The van der Waals surface area contributed by atoms with Crippen LogP contribution in [-0.4, -0.2) is 10.9 Å². The largest absolute Gasteiger partial charge is 0.506 e. The zero-order valence-corrected chi connectivity index (χ0v) is 9.05. The van der Waals surface area contributed by atoms with Gasteiger partial charge in [0.1, 0.15) is 5.75 Å². The number of benzene rings is 1. The predicted octanol–water partition coefficient (Wildman–Crippen LogP) is 2.51. The first-order chi connectivity index (χ1) is 5.52. The van der Waals surface area contributed by atoms with Gasteiger partial charge in [-0.2, -0.15) is 0 Å². The minimum absolute atomic E-state index is 0.0914. The molecule has 3 heteroatoms. The first kappa shape index (κ1) is 9.51. The zero-order chi connectivity index (χ0) is 9.30. The molecule has 12 heavy (non-hydrogen) atoms. The second-order valence-electron chi connectivity index (χ2n) is 2.70. The smallest absolute Gasteiger partial charge is 0.163 e. The van der Waals surface area contributed by atoms with Crippen LogP contribution in [0.3, 0.4) is 0 Å². The molecule has 2 nitrogen and oxygen atoms in total. The minimum atomic E-state index is -0.103. The van der Waals surface area contributed by atoms with Crippen LogP contribution < -0.4 is 0 Å². The van der Waals surface area contributed by atoms with Crippen molar-refractivity contribution in [2.75, 3.05) is 0 Å². The van der Waals surface area contributed by atoms with E-state index in [1.54, 1.807) is 6.07 Å². The Balaban J connectivity index is 3.37. The molecule has 64 valence electrons. The lowest BCUT2D eigenvalue weighted by atomic mass is 10.1. The van der Waals surface area contributed by atoms with E-state index in [-0.39, 0.29) is 11.5 Å². The third-order valence-electron chi connectivity index (χ3n) is 1.59. The fourth-order valence-electron chi connectivity index (χ4n) is 1.00. The van der Waals surface area contributed by atoms with Gasteiger partial charge >= 0.3 is 0 Å². The van der Waals surface area contributed by atoms with Crippen molar-refractivity contribution in [2.24, 2.45) is 0 Å². The van der Waals surface area contributed by atoms with Gasteiger partial charge in [0.2, 0.25) is 0 Å². The van der Waals surface area contributed by atoms with Crippen LogP contribution in [0.4, 0.5) is 0 Å². The number of hydrogen-bond acceptors (Lipinski definition) is 2. The van der Waals surface area contributed by atoms with E-state index in [2.05, 4.69) is 0 Å². The average Bonchev–Trinajstić information content (AvgIpc) is 1.96. The summed E-state index contributed by atoms with van der Waals surface area (Å²) in [6.45, 7) is 3.35. The summed E-state index contributed by atoms with van der Waals surface area (Å²) in [6.07, 6.45) is 0. The van der Waals surface area contributed by atoms with Crippen molar-refractivity contribution in [2.45, 2.75) is 13.8 Å². The summed E-state index contributed by atoms with van der Waals surface area (Å²) in [7, 11) is 0. The molecule has 0 amide bonds. The zero-order valence-electron chi connectivity index (χ0n) is 6.89. The van der Waals surface area contributed by atoms with E-state index in [4.69, 9.17) is 0 Å². The Hall–Kier alpha value is -0.580. The van der Waals surface area contributed by atoms with Gasteiger partial charge < -0.3 is 5.11 Å². The Morgan fingerprint density at radius 2 is 2.08 bits per heavy atom. The lowest BCUT2D eigenvalue weighted by molar-refractivity contribution is 0.101. The molecule has 0 fully saturated rings. The first-order valence-corrected chi connectivity index (χ1v) is 4.60. The molecular formula is C9H9IO2. The fourth-order valence-corrected chi connectivity index (χ4v) is 1.78. The molecule has 0 aliphatic heterocycles. The lowest BCUT2D eigenvalue weighted by Gasteiger charge is -2.04. The Morgan fingerprint density at radius 3 is 2.58 bits per heavy atom. The molecule has 0 aromatic heterocycles. The molecule has 0 saturated heterocycles. The maximum atomic E-state index is 11.0. The molecule has 0 aliphatic rings. The summed E-state index contributed by atoms with van der Waals surface area (Å²) < 4.78 is 0.720. The number of ketones is 1. The summed E-state index contributed by atoms with van der Waals surface area (Å²) in [5.41, 5.74) is 1.39. The van der Waals surface area contributed by atoms with E-state index in [0.717, 1.165) is 9.13 Å². The van der Waals surface area contributed by atoms with Crippen molar-refractivity contribution in [1.29, 1.82) is 0 Å². The summed E-state index contributed by atoms with van der Waals surface area (Å²) in [5.74, 6) is -0.0113. The molecule has 1 aromatic rings. The van der Waals surface area contributed by atoms with E-state index in [1.807, 2.05) is 35.6 Å². The number of hydrogen-bond donors (Lipinski definition) is 1. The van der Waals surface area contributed by atoms with Gasteiger partial charge in [0.15, 0.2) is 5.78 Å². The van der Waals surface area contributed by atoms with Gasteiger partial charge in [-0.15, -0.1) is 0 Å². The SMILES string of the molecule is CC(=O)c1cc(C)cc(I)c1O. The van der Waals surface area contributed by atoms with Gasteiger partial charge in [0.25, 0.3) is 0 Å². The number of phenolic OH excluding ortho intramolecular Hbond substituents is 1. The lowest BCUT2D eigenvalue weighted by Crippen LogP contribution is -1.95. The summed E-state index contributed by atoms with van der Waals surface area (Å²) in [5, 5.41) is 9.46. The Kier molecular flexibility index (Phi) is 2.72. The van der Waals surface area contributed by atoms with Crippen LogP contribution in [-0.2, 0) is 0 Å². The fraction of sp³-hybridized carbons (Fsp3) is 0.222. The number of aromatic hydroxyl groups is 1. The van der Waals surface area contributed by atoms with Crippen molar-refractivity contribution in [3.8, 4) is 5.75 Å². The number of aryl methyl sites for hydroxylation is 1. The molecule has 0 atom stereocenters. The van der Waals surface area contributed by atoms with E-state index in [0.29, 0.717) is 5.56 Å². The predicted molar refractivity (Wildman–Crippen MR) is 55.6 cm³/mol. The molecule has 0 aliphatic carbocycles. The highest BCUT2D eigenvalue weighted by Crippen LogP contribution is 2.25. The van der Waals surface area contributed by atoms with Crippen molar-refractivity contribution in [1.82, 2.24) is 0 Å². The quantitative estimate of drug-likeness (QED) is 0.632.